The first-order chi connectivity index (χ1) is 10.4. The third kappa shape index (κ3) is 3.55. The molecule has 2 atom stereocenters. The monoisotopic (exact) mass is 305 g/mol. The van der Waals surface area contributed by atoms with Crippen LogP contribution in [0.3, 0.4) is 0 Å². The second-order valence-corrected chi connectivity index (χ2v) is 6.15. The summed E-state index contributed by atoms with van der Waals surface area (Å²) in [5.41, 5.74) is 1.89. The molecule has 0 saturated carbocycles. The highest BCUT2D eigenvalue weighted by atomic mass is 16.4. The summed E-state index contributed by atoms with van der Waals surface area (Å²) >= 11 is 0. The van der Waals surface area contributed by atoms with Crippen molar-refractivity contribution in [2.45, 2.75) is 33.2 Å². The maximum atomic E-state index is 12.4. The van der Waals surface area contributed by atoms with Gasteiger partial charge in [0, 0.05) is 19.3 Å². The lowest BCUT2D eigenvalue weighted by Crippen LogP contribution is -2.42. The number of hydrogen-bond acceptors (Lipinski definition) is 3. The van der Waals surface area contributed by atoms with Crippen molar-refractivity contribution in [3.63, 3.8) is 0 Å². The van der Waals surface area contributed by atoms with Gasteiger partial charge < -0.3 is 15.3 Å². The highest BCUT2D eigenvalue weighted by Crippen LogP contribution is 2.24. The van der Waals surface area contributed by atoms with Gasteiger partial charge in [0.15, 0.2) is 0 Å². The Morgan fingerprint density at radius 3 is 2.73 bits per heavy atom. The predicted octanol–water partition coefficient (Wildman–Crippen LogP) is 2.20. The Bertz CT molecular complexity index is 559. The number of hydrogen-bond donors (Lipinski definition) is 2. The molecule has 2 rings (SSSR count). The van der Waals surface area contributed by atoms with E-state index < -0.39 is 11.9 Å². The molecule has 22 heavy (non-hydrogen) atoms. The van der Waals surface area contributed by atoms with E-state index in [1.54, 1.807) is 11.1 Å². The van der Waals surface area contributed by atoms with Gasteiger partial charge >= 0.3 is 12.0 Å². The van der Waals surface area contributed by atoms with E-state index in [0.29, 0.717) is 13.0 Å². The minimum Gasteiger partial charge on any atom is -0.481 e. The van der Waals surface area contributed by atoms with Gasteiger partial charge in [-0.25, -0.2) is 4.79 Å². The zero-order valence-electron chi connectivity index (χ0n) is 13.2. The Morgan fingerprint density at radius 1 is 1.45 bits per heavy atom. The fraction of sp³-hybridized carbons (Fsp3) is 0.562. The largest absolute Gasteiger partial charge is 0.481 e. The highest BCUT2D eigenvalue weighted by molar-refractivity contribution is 5.77. The molecule has 1 saturated heterocycles. The van der Waals surface area contributed by atoms with E-state index >= 15 is 0 Å². The number of carbonyl (C=O) groups excluding carboxylic acids is 1. The van der Waals surface area contributed by atoms with Crippen molar-refractivity contribution in [2.75, 3.05) is 13.1 Å². The summed E-state index contributed by atoms with van der Waals surface area (Å²) in [5, 5.41) is 12.0. The van der Waals surface area contributed by atoms with E-state index in [1.807, 2.05) is 32.9 Å². The number of rotatable bonds is 4. The first kappa shape index (κ1) is 16.3. The standard InChI is InChI=1S/C16H23N3O3/c1-10(2)13(14-11(3)5-4-7-17-14)18-16(22)19-8-6-12(9-19)15(20)21/h4-5,7,10,12-13H,6,8-9H2,1-3H3,(H,18,22)(H,20,21). The molecule has 2 heterocycles. The normalized spacial score (nSPS) is 19.3. The van der Waals surface area contributed by atoms with Crippen molar-refractivity contribution >= 4 is 12.0 Å². The molecular formula is C16H23N3O3. The van der Waals surface area contributed by atoms with Crippen LogP contribution < -0.4 is 5.32 Å². The summed E-state index contributed by atoms with van der Waals surface area (Å²) in [6, 6.07) is 3.45. The Kier molecular flexibility index (Phi) is 5.00. The summed E-state index contributed by atoms with van der Waals surface area (Å²) in [4.78, 5) is 29.4. The molecule has 6 nitrogen and oxygen atoms in total. The van der Waals surface area contributed by atoms with E-state index in [4.69, 9.17) is 5.11 Å². The van der Waals surface area contributed by atoms with Crippen LogP contribution in [0, 0.1) is 18.8 Å². The molecule has 1 fully saturated rings. The lowest BCUT2D eigenvalue weighted by molar-refractivity contribution is -0.141. The zero-order valence-corrected chi connectivity index (χ0v) is 13.2. The SMILES string of the molecule is Cc1cccnc1C(NC(=O)N1CCC(C(=O)O)C1)C(C)C. The van der Waals surface area contributed by atoms with E-state index in [0.717, 1.165) is 11.3 Å². The molecule has 1 aromatic rings. The van der Waals surface area contributed by atoms with Crippen LogP contribution in [0.15, 0.2) is 18.3 Å². The van der Waals surface area contributed by atoms with Crippen molar-refractivity contribution < 1.29 is 14.7 Å². The molecule has 2 N–H and O–H groups in total. The molecule has 0 aliphatic carbocycles. The van der Waals surface area contributed by atoms with Gasteiger partial charge in [0.05, 0.1) is 17.7 Å². The Hall–Kier alpha value is -2.11. The second-order valence-electron chi connectivity index (χ2n) is 6.15. The number of aryl methyl sites for hydroxylation is 1. The minimum absolute atomic E-state index is 0.183. The average molecular weight is 305 g/mol. The molecule has 0 spiro atoms. The number of carboxylic acid groups (broad SMARTS) is 1. The molecule has 1 aromatic heterocycles. The molecular weight excluding hydrogens is 282 g/mol. The number of pyridine rings is 1. The molecule has 2 unspecified atom stereocenters. The summed E-state index contributed by atoms with van der Waals surface area (Å²) in [7, 11) is 0. The highest BCUT2D eigenvalue weighted by Gasteiger charge is 2.32. The van der Waals surface area contributed by atoms with E-state index in [1.165, 1.54) is 0 Å². The van der Waals surface area contributed by atoms with Crippen LogP contribution in [0.2, 0.25) is 0 Å². The quantitative estimate of drug-likeness (QED) is 0.893. The van der Waals surface area contributed by atoms with Crippen molar-refractivity contribution in [2.24, 2.45) is 11.8 Å². The Morgan fingerprint density at radius 2 is 2.18 bits per heavy atom. The summed E-state index contributed by atoms with van der Waals surface area (Å²) in [6.07, 6.45) is 2.23. The summed E-state index contributed by atoms with van der Waals surface area (Å²) in [5.74, 6) is -1.11. The van der Waals surface area contributed by atoms with Gasteiger partial charge in [-0.15, -0.1) is 0 Å². The van der Waals surface area contributed by atoms with Crippen molar-refractivity contribution in [3.8, 4) is 0 Å². The van der Waals surface area contributed by atoms with Gasteiger partial charge in [-0.3, -0.25) is 9.78 Å². The van der Waals surface area contributed by atoms with Crippen molar-refractivity contribution in [1.29, 1.82) is 0 Å². The predicted molar refractivity (Wildman–Crippen MR) is 82.4 cm³/mol. The number of amides is 2. The van der Waals surface area contributed by atoms with Crippen LogP contribution in [-0.4, -0.2) is 40.1 Å². The molecule has 1 aliphatic heterocycles. The van der Waals surface area contributed by atoms with Crippen molar-refractivity contribution in [1.82, 2.24) is 15.2 Å². The van der Waals surface area contributed by atoms with Gasteiger partial charge in [0.25, 0.3) is 0 Å². The molecule has 120 valence electrons. The maximum absolute atomic E-state index is 12.4. The van der Waals surface area contributed by atoms with E-state index in [2.05, 4.69) is 10.3 Å². The van der Waals surface area contributed by atoms with Crippen LogP contribution in [0.5, 0.6) is 0 Å². The van der Waals surface area contributed by atoms with Crippen LogP contribution >= 0.6 is 0 Å². The molecule has 0 bridgehead atoms. The van der Waals surface area contributed by atoms with Gasteiger partial charge in [-0.2, -0.15) is 0 Å². The number of aliphatic carboxylic acids is 1. The number of nitrogens with zero attached hydrogens (tertiary/aromatic N) is 2. The zero-order chi connectivity index (χ0) is 16.3. The summed E-state index contributed by atoms with van der Waals surface area (Å²) < 4.78 is 0. The van der Waals surface area contributed by atoms with Crippen LogP contribution in [0.1, 0.15) is 37.6 Å². The van der Waals surface area contributed by atoms with Crippen LogP contribution in [0.25, 0.3) is 0 Å². The lowest BCUT2D eigenvalue weighted by Gasteiger charge is -2.26. The first-order valence-corrected chi connectivity index (χ1v) is 7.60. The van der Waals surface area contributed by atoms with Crippen molar-refractivity contribution in [3.05, 3.63) is 29.6 Å². The summed E-state index contributed by atoms with van der Waals surface area (Å²) in [6.45, 7) is 6.79. The molecule has 0 aromatic carbocycles. The van der Waals surface area contributed by atoms with Gasteiger partial charge in [-0.1, -0.05) is 19.9 Å². The maximum Gasteiger partial charge on any atom is 0.317 e. The van der Waals surface area contributed by atoms with Crippen LogP contribution in [-0.2, 0) is 4.79 Å². The fourth-order valence-electron chi connectivity index (χ4n) is 2.74. The number of nitrogens with one attached hydrogen (secondary N) is 1. The number of carbonyl (C=O) groups is 2. The lowest BCUT2D eigenvalue weighted by atomic mass is 9.97. The number of aromatic nitrogens is 1. The molecule has 2 amide bonds. The number of urea groups is 1. The minimum atomic E-state index is -0.837. The topological polar surface area (TPSA) is 82.5 Å². The third-order valence-electron chi connectivity index (χ3n) is 4.11. The third-order valence-corrected chi connectivity index (χ3v) is 4.11. The number of carboxylic acids is 1. The molecule has 0 radical (unpaired) electrons. The average Bonchev–Trinajstić information content (AvgIpc) is 2.95. The van der Waals surface area contributed by atoms with E-state index in [-0.39, 0.29) is 24.5 Å². The van der Waals surface area contributed by atoms with Gasteiger partial charge in [0.2, 0.25) is 0 Å². The fourth-order valence-corrected chi connectivity index (χ4v) is 2.74. The molecule has 1 aliphatic rings. The first-order valence-electron chi connectivity index (χ1n) is 7.60. The van der Waals surface area contributed by atoms with Crippen LogP contribution in [0.4, 0.5) is 4.79 Å². The Balaban J connectivity index is 2.08. The Labute approximate surface area is 130 Å². The number of likely N-dealkylation sites (tertiary alicyclic amines) is 1. The van der Waals surface area contributed by atoms with Gasteiger partial charge in [-0.05, 0) is 30.9 Å². The smallest absolute Gasteiger partial charge is 0.317 e. The van der Waals surface area contributed by atoms with Gasteiger partial charge in [0.1, 0.15) is 0 Å². The second kappa shape index (κ2) is 6.77. The molecule has 6 heteroatoms. The van der Waals surface area contributed by atoms with E-state index in [9.17, 15) is 9.59 Å².